The van der Waals surface area contributed by atoms with E-state index in [1.54, 1.807) is 0 Å². The molecule has 0 spiro atoms. The number of nitrogens with two attached hydrogens (primary N) is 1. The van der Waals surface area contributed by atoms with Crippen molar-refractivity contribution >= 4 is 11.6 Å². The first-order valence-corrected chi connectivity index (χ1v) is 3.72. The lowest BCUT2D eigenvalue weighted by Gasteiger charge is -2.06. The molecule has 0 aliphatic rings. The van der Waals surface area contributed by atoms with Crippen LogP contribution in [0.15, 0.2) is 24.9 Å². The molecule has 12 heavy (non-hydrogen) atoms. The molecule has 2 nitrogen and oxygen atoms in total. The van der Waals surface area contributed by atoms with Crippen LogP contribution >= 0.6 is 11.6 Å². The average molecular weight is 187 g/mol. The first-order chi connectivity index (χ1) is 5.65. The summed E-state index contributed by atoms with van der Waals surface area (Å²) >= 11 is 5.60. The third kappa shape index (κ3) is 1.81. The fraction of sp³-hybridized carbons (Fsp3) is 0.125. The Kier molecular flexibility index (Phi) is 2.78. The number of pyridine rings is 1. The van der Waals surface area contributed by atoms with E-state index in [0.717, 1.165) is 0 Å². The highest BCUT2D eigenvalue weighted by atomic mass is 35.5. The molecule has 1 aromatic rings. The Morgan fingerprint density at radius 1 is 1.75 bits per heavy atom. The molecule has 4 heteroatoms. The Labute approximate surface area is 74.9 Å². The minimum absolute atomic E-state index is 0.262. The maximum atomic E-state index is 12.9. The maximum Gasteiger partial charge on any atom is 0.218 e. The topological polar surface area (TPSA) is 38.9 Å². The molecule has 0 unspecified atom stereocenters. The van der Waals surface area contributed by atoms with E-state index in [9.17, 15) is 4.39 Å². The third-order valence-electron chi connectivity index (χ3n) is 1.45. The van der Waals surface area contributed by atoms with Crippen LogP contribution in [0.25, 0.3) is 0 Å². The molecule has 1 aromatic heterocycles. The van der Waals surface area contributed by atoms with Crippen molar-refractivity contribution in [1.82, 2.24) is 4.98 Å². The normalized spacial score (nSPS) is 12.6. The Bertz CT molecular complexity index is 301. The molecule has 64 valence electrons. The number of rotatable bonds is 2. The highest BCUT2D eigenvalue weighted by Gasteiger charge is 2.09. The predicted molar refractivity (Wildman–Crippen MR) is 46.3 cm³/mol. The smallest absolute Gasteiger partial charge is 0.218 e. The van der Waals surface area contributed by atoms with Crippen LogP contribution < -0.4 is 5.73 Å². The van der Waals surface area contributed by atoms with E-state index in [0.29, 0.717) is 5.02 Å². The van der Waals surface area contributed by atoms with Crippen molar-refractivity contribution in [2.45, 2.75) is 6.04 Å². The Morgan fingerprint density at radius 3 is 3.00 bits per heavy atom. The third-order valence-corrected chi connectivity index (χ3v) is 1.65. The van der Waals surface area contributed by atoms with Crippen molar-refractivity contribution in [3.05, 3.63) is 41.5 Å². The molecule has 0 amide bonds. The molecule has 0 aromatic carbocycles. The first kappa shape index (κ1) is 9.16. The Morgan fingerprint density at radius 2 is 2.42 bits per heavy atom. The minimum Gasteiger partial charge on any atom is -0.321 e. The van der Waals surface area contributed by atoms with Gasteiger partial charge in [0.25, 0.3) is 0 Å². The molecule has 2 N–H and O–H groups in total. The largest absolute Gasteiger partial charge is 0.321 e. The number of hydrogen-bond donors (Lipinski definition) is 1. The summed E-state index contributed by atoms with van der Waals surface area (Å²) in [6.07, 6.45) is 2.66. The minimum atomic E-state index is -0.605. The second kappa shape index (κ2) is 3.65. The van der Waals surface area contributed by atoms with E-state index < -0.39 is 12.0 Å². The Hall–Kier alpha value is -0.930. The SMILES string of the molecule is C=C[C@@H](N)c1cc(Cl)cnc1F. The summed E-state index contributed by atoms with van der Waals surface area (Å²) in [4.78, 5) is 3.42. The highest BCUT2D eigenvalue weighted by molar-refractivity contribution is 6.30. The zero-order chi connectivity index (χ0) is 9.14. The highest BCUT2D eigenvalue weighted by Crippen LogP contribution is 2.17. The van der Waals surface area contributed by atoms with Gasteiger partial charge in [0, 0.05) is 11.8 Å². The van der Waals surface area contributed by atoms with Crippen molar-refractivity contribution in [3.8, 4) is 0 Å². The van der Waals surface area contributed by atoms with Crippen LogP contribution in [0.1, 0.15) is 11.6 Å². The van der Waals surface area contributed by atoms with E-state index in [4.69, 9.17) is 17.3 Å². The quantitative estimate of drug-likeness (QED) is 0.567. The summed E-state index contributed by atoms with van der Waals surface area (Å²) in [5.41, 5.74) is 5.77. The van der Waals surface area contributed by atoms with Crippen LogP contribution in [0, 0.1) is 5.95 Å². The van der Waals surface area contributed by atoms with Gasteiger partial charge in [-0.25, -0.2) is 4.98 Å². The number of halogens is 2. The van der Waals surface area contributed by atoms with Crippen LogP contribution in [0.5, 0.6) is 0 Å². The molecule has 1 rings (SSSR count). The standard InChI is InChI=1S/C8H8ClFN2/c1-2-7(11)6-3-5(9)4-12-8(6)10/h2-4,7H,1,11H2/t7-/m1/s1. The molecular weight excluding hydrogens is 179 g/mol. The molecule has 0 aliphatic carbocycles. The van der Waals surface area contributed by atoms with Gasteiger partial charge in [-0.05, 0) is 6.07 Å². The summed E-state index contributed by atoms with van der Waals surface area (Å²) < 4.78 is 12.9. The van der Waals surface area contributed by atoms with Gasteiger partial charge < -0.3 is 5.73 Å². The Balaban J connectivity index is 3.12. The molecule has 0 saturated carbocycles. The number of aromatic nitrogens is 1. The van der Waals surface area contributed by atoms with Crippen molar-refractivity contribution in [1.29, 1.82) is 0 Å². The van der Waals surface area contributed by atoms with Crippen molar-refractivity contribution in [3.63, 3.8) is 0 Å². The van der Waals surface area contributed by atoms with Crippen LogP contribution in [0.3, 0.4) is 0 Å². The van der Waals surface area contributed by atoms with Crippen LogP contribution in [-0.2, 0) is 0 Å². The second-order valence-corrected chi connectivity index (χ2v) is 2.73. The molecule has 1 atom stereocenters. The van der Waals surface area contributed by atoms with Gasteiger partial charge in [0.2, 0.25) is 5.95 Å². The maximum absolute atomic E-state index is 12.9. The monoisotopic (exact) mass is 186 g/mol. The van der Waals surface area contributed by atoms with E-state index in [2.05, 4.69) is 11.6 Å². The summed E-state index contributed by atoms with van der Waals surface area (Å²) in [6, 6.07) is 0.882. The predicted octanol–water partition coefficient (Wildman–Crippen LogP) is 2.06. The van der Waals surface area contributed by atoms with Crippen molar-refractivity contribution in [2.75, 3.05) is 0 Å². The molecule has 0 aliphatic heterocycles. The average Bonchev–Trinajstić information content (AvgIpc) is 2.08. The van der Waals surface area contributed by atoms with Gasteiger partial charge in [0.05, 0.1) is 11.1 Å². The number of hydrogen-bond acceptors (Lipinski definition) is 2. The fourth-order valence-corrected chi connectivity index (χ4v) is 0.965. The van der Waals surface area contributed by atoms with Crippen molar-refractivity contribution < 1.29 is 4.39 Å². The zero-order valence-corrected chi connectivity index (χ0v) is 7.05. The van der Waals surface area contributed by atoms with E-state index >= 15 is 0 Å². The summed E-state index contributed by atoms with van der Waals surface area (Å²) in [5.74, 6) is -0.605. The number of nitrogens with zero attached hydrogens (tertiary/aromatic N) is 1. The van der Waals surface area contributed by atoms with Gasteiger partial charge in [0.1, 0.15) is 0 Å². The van der Waals surface area contributed by atoms with Gasteiger partial charge >= 0.3 is 0 Å². The second-order valence-electron chi connectivity index (χ2n) is 2.30. The molecule has 0 radical (unpaired) electrons. The van der Waals surface area contributed by atoms with Gasteiger partial charge in [0.15, 0.2) is 0 Å². The van der Waals surface area contributed by atoms with Gasteiger partial charge in [-0.1, -0.05) is 17.7 Å². The van der Waals surface area contributed by atoms with Crippen LogP contribution in [-0.4, -0.2) is 4.98 Å². The zero-order valence-electron chi connectivity index (χ0n) is 6.30. The van der Waals surface area contributed by atoms with Gasteiger partial charge in [-0.3, -0.25) is 0 Å². The summed E-state index contributed by atoms with van der Waals surface area (Å²) in [7, 11) is 0. The molecule has 0 saturated heterocycles. The lowest BCUT2D eigenvalue weighted by Crippen LogP contribution is -2.09. The van der Waals surface area contributed by atoms with Gasteiger partial charge in [-0.15, -0.1) is 6.58 Å². The van der Waals surface area contributed by atoms with E-state index in [1.165, 1.54) is 18.3 Å². The lowest BCUT2D eigenvalue weighted by molar-refractivity contribution is 0.560. The molecule has 0 fully saturated rings. The summed E-state index contributed by atoms with van der Waals surface area (Å²) in [5, 5.41) is 0.365. The van der Waals surface area contributed by atoms with E-state index in [-0.39, 0.29) is 5.56 Å². The van der Waals surface area contributed by atoms with Gasteiger partial charge in [-0.2, -0.15) is 4.39 Å². The lowest BCUT2D eigenvalue weighted by atomic mass is 10.1. The fourth-order valence-electron chi connectivity index (χ4n) is 0.799. The van der Waals surface area contributed by atoms with Crippen LogP contribution in [0.2, 0.25) is 5.02 Å². The van der Waals surface area contributed by atoms with Crippen molar-refractivity contribution in [2.24, 2.45) is 5.73 Å². The van der Waals surface area contributed by atoms with E-state index in [1.807, 2.05) is 0 Å². The first-order valence-electron chi connectivity index (χ1n) is 3.34. The van der Waals surface area contributed by atoms with Crippen LogP contribution in [0.4, 0.5) is 4.39 Å². The molecule has 1 heterocycles. The molecular formula is C8H8ClFN2. The summed E-state index contributed by atoms with van der Waals surface area (Å²) in [6.45, 7) is 3.45. The molecule has 0 bridgehead atoms.